The highest BCUT2D eigenvalue weighted by molar-refractivity contribution is 7.81. The molecular formula is C11H12N2O3S. The minimum atomic E-state index is -1.09. The van der Waals surface area contributed by atoms with E-state index in [1.807, 2.05) is 0 Å². The molecule has 0 radical (unpaired) electrons. The number of para-hydroxylation sites is 1. The smallest absolute Gasteiger partial charge is 0.337 e. The van der Waals surface area contributed by atoms with Crippen molar-refractivity contribution in [1.82, 2.24) is 0 Å². The Morgan fingerprint density at radius 2 is 2.24 bits per heavy atom. The zero-order chi connectivity index (χ0) is 12.6. The molecule has 1 aromatic carbocycles. The molecule has 0 spiro atoms. The van der Waals surface area contributed by atoms with E-state index in [2.05, 4.69) is 12.6 Å². The Morgan fingerprint density at radius 1 is 1.53 bits per heavy atom. The monoisotopic (exact) mass is 252 g/mol. The zero-order valence-electron chi connectivity index (χ0n) is 8.96. The number of carboxylic acids is 1. The number of hydrogen-bond acceptors (Lipinski definition) is 4. The third kappa shape index (κ3) is 2.08. The Hall–Kier alpha value is -1.69. The number of nitrogens with two attached hydrogens (primary N) is 1. The highest BCUT2D eigenvalue weighted by Crippen LogP contribution is 2.32. The first kappa shape index (κ1) is 11.8. The Morgan fingerprint density at radius 3 is 2.76 bits per heavy atom. The van der Waals surface area contributed by atoms with Crippen LogP contribution in [0.2, 0.25) is 0 Å². The molecule has 5 nitrogen and oxygen atoms in total. The molecule has 17 heavy (non-hydrogen) atoms. The Bertz CT molecular complexity index is 490. The molecule has 6 heteroatoms. The number of carbonyl (C=O) groups is 2. The van der Waals surface area contributed by atoms with Crippen LogP contribution < -0.4 is 10.6 Å². The summed E-state index contributed by atoms with van der Waals surface area (Å²) in [6.07, 6.45) is 0.302. The van der Waals surface area contributed by atoms with Crippen LogP contribution in [0.25, 0.3) is 0 Å². The summed E-state index contributed by atoms with van der Waals surface area (Å²) >= 11 is 4.23. The lowest BCUT2D eigenvalue weighted by atomic mass is 10.1. The second-order valence-electron chi connectivity index (χ2n) is 3.91. The van der Waals surface area contributed by atoms with E-state index in [1.165, 1.54) is 11.0 Å². The highest BCUT2D eigenvalue weighted by Gasteiger charge is 2.32. The van der Waals surface area contributed by atoms with E-state index in [0.717, 1.165) is 0 Å². The summed E-state index contributed by atoms with van der Waals surface area (Å²) in [7, 11) is 0. The number of aromatic carboxylic acids is 1. The number of nitrogen functional groups attached to an aromatic ring is 1. The van der Waals surface area contributed by atoms with Gasteiger partial charge in [0.25, 0.3) is 0 Å². The van der Waals surface area contributed by atoms with Crippen LogP contribution in [0.1, 0.15) is 16.8 Å². The number of anilines is 2. The van der Waals surface area contributed by atoms with Gasteiger partial charge in [-0.05, 0) is 12.1 Å². The molecule has 1 aliphatic rings. The quantitative estimate of drug-likeness (QED) is 0.541. The summed E-state index contributed by atoms with van der Waals surface area (Å²) in [5.74, 6) is -1.24. The van der Waals surface area contributed by atoms with Crippen LogP contribution in [0.5, 0.6) is 0 Å². The maximum atomic E-state index is 11.7. The predicted molar refractivity (Wildman–Crippen MR) is 67.6 cm³/mol. The first-order valence-electron chi connectivity index (χ1n) is 5.11. The lowest BCUT2D eigenvalue weighted by Crippen LogP contribution is -2.27. The van der Waals surface area contributed by atoms with Crippen LogP contribution in [0.3, 0.4) is 0 Å². The zero-order valence-corrected chi connectivity index (χ0v) is 9.85. The first-order chi connectivity index (χ1) is 8.00. The van der Waals surface area contributed by atoms with Crippen LogP contribution in [-0.2, 0) is 4.79 Å². The van der Waals surface area contributed by atoms with E-state index >= 15 is 0 Å². The van der Waals surface area contributed by atoms with Crippen LogP contribution in [0, 0.1) is 0 Å². The molecule has 0 bridgehead atoms. The number of thiol groups is 1. The first-order valence-corrected chi connectivity index (χ1v) is 5.62. The van der Waals surface area contributed by atoms with Crippen LogP contribution in [0.15, 0.2) is 18.2 Å². The van der Waals surface area contributed by atoms with Crippen molar-refractivity contribution in [3.63, 3.8) is 0 Å². The van der Waals surface area contributed by atoms with Gasteiger partial charge in [0.2, 0.25) is 5.91 Å². The molecule has 1 amide bonds. The van der Waals surface area contributed by atoms with Crippen molar-refractivity contribution < 1.29 is 14.7 Å². The van der Waals surface area contributed by atoms with Crippen molar-refractivity contribution in [2.45, 2.75) is 11.7 Å². The molecule has 2 rings (SSSR count). The van der Waals surface area contributed by atoms with E-state index in [-0.39, 0.29) is 22.4 Å². The van der Waals surface area contributed by atoms with Gasteiger partial charge in [0, 0.05) is 18.2 Å². The van der Waals surface area contributed by atoms with Gasteiger partial charge in [-0.25, -0.2) is 4.79 Å². The van der Waals surface area contributed by atoms with E-state index in [1.54, 1.807) is 12.1 Å². The summed E-state index contributed by atoms with van der Waals surface area (Å²) in [5, 5.41) is 9.01. The molecule has 1 saturated heterocycles. The average Bonchev–Trinajstić information content (AvgIpc) is 2.57. The van der Waals surface area contributed by atoms with Crippen molar-refractivity contribution in [3.05, 3.63) is 23.8 Å². The number of nitrogens with zero attached hydrogens (tertiary/aromatic N) is 1. The van der Waals surface area contributed by atoms with E-state index in [0.29, 0.717) is 18.7 Å². The number of hydrogen-bond donors (Lipinski definition) is 3. The maximum Gasteiger partial charge on any atom is 0.337 e. The summed E-state index contributed by atoms with van der Waals surface area (Å²) in [6.45, 7) is 0.385. The van der Waals surface area contributed by atoms with Gasteiger partial charge >= 0.3 is 5.97 Å². The van der Waals surface area contributed by atoms with Gasteiger partial charge < -0.3 is 15.7 Å². The second-order valence-corrected chi connectivity index (χ2v) is 4.64. The summed E-state index contributed by atoms with van der Waals surface area (Å²) < 4.78 is 0. The topological polar surface area (TPSA) is 83.6 Å². The van der Waals surface area contributed by atoms with E-state index in [9.17, 15) is 9.59 Å². The molecule has 1 unspecified atom stereocenters. The Labute approximate surface area is 104 Å². The molecule has 90 valence electrons. The minimum absolute atomic E-state index is 0.0424. The summed E-state index contributed by atoms with van der Waals surface area (Å²) in [5.41, 5.74) is 6.38. The largest absolute Gasteiger partial charge is 0.478 e. The molecule has 0 aliphatic carbocycles. The number of carbonyl (C=O) groups excluding carboxylic acids is 1. The second kappa shape index (κ2) is 4.29. The Balaban J connectivity index is 2.51. The third-order valence-corrected chi connectivity index (χ3v) is 3.02. The highest BCUT2D eigenvalue weighted by atomic mass is 32.1. The average molecular weight is 252 g/mol. The molecule has 1 heterocycles. The van der Waals surface area contributed by atoms with Gasteiger partial charge in [0.15, 0.2) is 0 Å². The molecule has 1 aliphatic heterocycles. The molecule has 1 atom stereocenters. The predicted octanol–water partition coefficient (Wildman–Crippen LogP) is 1.00. The van der Waals surface area contributed by atoms with Gasteiger partial charge in [-0.3, -0.25) is 4.79 Å². The van der Waals surface area contributed by atoms with Gasteiger partial charge in [0.1, 0.15) is 0 Å². The molecule has 0 aromatic heterocycles. The summed E-state index contributed by atoms with van der Waals surface area (Å²) in [4.78, 5) is 24.2. The van der Waals surface area contributed by atoms with Crippen molar-refractivity contribution in [2.24, 2.45) is 0 Å². The SMILES string of the molecule is Nc1cccc(C(=O)O)c1N1CC(S)CC1=O. The number of rotatable bonds is 2. The minimum Gasteiger partial charge on any atom is -0.478 e. The lowest BCUT2D eigenvalue weighted by molar-refractivity contribution is -0.117. The standard InChI is InChI=1S/C11H12N2O3S/c12-8-3-1-2-7(11(15)16)10(8)13-5-6(17)4-9(13)14/h1-3,6,17H,4-5,12H2,(H,15,16). The fourth-order valence-electron chi connectivity index (χ4n) is 1.94. The van der Waals surface area contributed by atoms with Crippen molar-refractivity contribution in [3.8, 4) is 0 Å². The lowest BCUT2D eigenvalue weighted by Gasteiger charge is -2.20. The number of benzene rings is 1. The maximum absolute atomic E-state index is 11.7. The van der Waals surface area contributed by atoms with Crippen molar-refractivity contribution in [2.75, 3.05) is 17.2 Å². The third-order valence-electron chi connectivity index (χ3n) is 2.67. The van der Waals surface area contributed by atoms with Gasteiger partial charge in [0.05, 0.1) is 16.9 Å². The van der Waals surface area contributed by atoms with Crippen molar-refractivity contribution in [1.29, 1.82) is 0 Å². The van der Waals surface area contributed by atoms with E-state index < -0.39 is 5.97 Å². The Kier molecular flexibility index (Phi) is 2.97. The molecule has 1 aromatic rings. The number of carboxylic acid groups (broad SMARTS) is 1. The fourth-order valence-corrected chi connectivity index (χ4v) is 2.26. The normalized spacial score (nSPS) is 19.7. The molecule has 1 fully saturated rings. The van der Waals surface area contributed by atoms with Crippen LogP contribution in [-0.4, -0.2) is 28.8 Å². The van der Waals surface area contributed by atoms with Crippen molar-refractivity contribution >= 4 is 35.9 Å². The van der Waals surface area contributed by atoms with Crippen LogP contribution in [0.4, 0.5) is 11.4 Å². The van der Waals surface area contributed by atoms with E-state index in [4.69, 9.17) is 10.8 Å². The molecule has 3 N–H and O–H groups in total. The van der Waals surface area contributed by atoms with Gasteiger partial charge in [-0.15, -0.1) is 0 Å². The fraction of sp³-hybridized carbons (Fsp3) is 0.273. The van der Waals surface area contributed by atoms with Crippen LogP contribution >= 0.6 is 12.6 Å². The molecule has 0 saturated carbocycles. The molecular weight excluding hydrogens is 240 g/mol. The van der Waals surface area contributed by atoms with Gasteiger partial charge in [-0.2, -0.15) is 12.6 Å². The number of amides is 1. The summed E-state index contributed by atoms with van der Waals surface area (Å²) in [6, 6.07) is 4.58. The van der Waals surface area contributed by atoms with Gasteiger partial charge in [-0.1, -0.05) is 6.07 Å².